The highest BCUT2D eigenvalue weighted by Crippen LogP contribution is 2.26. The summed E-state index contributed by atoms with van der Waals surface area (Å²) in [6, 6.07) is 3.67. The Morgan fingerprint density at radius 1 is 1.32 bits per heavy atom. The van der Waals surface area contributed by atoms with Gasteiger partial charge in [-0.05, 0) is 25.1 Å². The molecule has 0 saturated carbocycles. The molecule has 0 atom stereocenters. The van der Waals surface area contributed by atoms with Crippen molar-refractivity contribution in [2.75, 3.05) is 25.6 Å². The molecule has 0 aromatic heterocycles. The van der Waals surface area contributed by atoms with Crippen molar-refractivity contribution in [3.8, 4) is 5.75 Å². The maximum atomic E-state index is 12.0. The smallest absolute Gasteiger partial charge is 0.333 e. The van der Waals surface area contributed by atoms with Crippen molar-refractivity contribution in [2.45, 2.75) is 11.8 Å². The molecule has 1 aromatic rings. The number of carbonyl (C=O) groups excluding carboxylic acids is 1. The van der Waals surface area contributed by atoms with Crippen LogP contribution in [-0.4, -0.2) is 45.1 Å². The summed E-state index contributed by atoms with van der Waals surface area (Å²) in [6.07, 6.45) is 0. The molecule has 0 aliphatic carbocycles. The topological polar surface area (TPSA) is 89.9 Å². The van der Waals surface area contributed by atoms with Crippen LogP contribution in [0.3, 0.4) is 0 Å². The summed E-state index contributed by atoms with van der Waals surface area (Å²) in [5.74, 6) is -0.950. The van der Waals surface area contributed by atoms with Crippen LogP contribution in [0.1, 0.15) is 6.92 Å². The Balaban J connectivity index is 2.39. The number of halogens is 1. The minimum absolute atomic E-state index is 0.00705. The maximum Gasteiger partial charge on any atom is 0.333 e. The van der Waals surface area contributed by atoms with E-state index in [4.69, 9.17) is 21.1 Å². The third-order valence-corrected chi connectivity index (χ3v) is 4.56. The second-order valence-corrected chi connectivity index (χ2v) is 6.98. The van der Waals surface area contributed by atoms with Crippen LogP contribution in [0.15, 0.2) is 35.2 Å². The molecule has 0 spiro atoms. The van der Waals surface area contributed by atoms with Crippen LogP contribution in [0, 0.1) is 0 Å². The van der Waals surface area contributed by atoms with Crippen molar-refractivity contribution in [2.24, 2.45) is 0 Å². The second kappa shape index (κ2) is 8.17. The van der Waals surface area contributed by atoms with Crippen molar-refractivity contribution in [1.82, 2.24) is 0 Å². The Morgan fingerprint density at radius 3 is 2.59 bits per heavy atom. The molecule has 8 heteroatoms. The Morgan fingerprint density at radius 2 is 2.00 bits per heavy atom. The Kier molecular flexibility index (Phi) is 6.86. The van der Waals surface area contributed by atoms with Gasteiger partial charge in [0.05, 0.1) is 28.9 Å². The van der Waals surface area contributed by atoms with Crippen molar-refractivity contribution < 1.29 is 27.8 Å². The molecule has 0 amide bonds. The number of carbonyl (C=O) groups is 1. The van der Waals surface area contributed by atoms with E-state index in [1.807, 2.05) is 0 Å². The van der Waals surface area contributed by atoms with Crippen LogP contribution < -0.4 is 0 Å². The van der Waals surface area contributed by atoms with Crippen LogP contribution >= 0.6 is 11.6 Å². The van der Waals surface area contributed by atoms with Crippen molar-refractivity contribution in [3.05, 3.63) is 35.4 Å². The number of benzene rings is 1. The van der Waals surface area contributed by atoms with Gasteiger partial charge >= 0.3 is 5.97 Å². The molecule has 0 unspecified atom stereocenters. The van der Waals surface area contributed by atoms with E-state index >= 15 is 0 Å². The maximum absolute atomic E-state index is 12.0. The van der Waals surface area contributed by atoms with Gasteiger partial charge in [-0.2, -0.15) is 0 Å². The normalized spacial score (nSPS) is 11.2. The number of rotatable bonds is 8. The zero-order valence-electron chi connectivity index (χ0n) is 12.0. The average Bonchev–Trinajstić information content (AvgIpc) is 2.45. The second-order valence-electron chi connectivity index (χ2n) is 4.46. The zero-order valence-corrected chi connectivity index (χ0v) is 13.6. The summed E-state index contributed by atoms with van der Waals surface area (Å²) in [6.45, 7) is 5.01. The summed E-state index contributed by atoms with van der Waals surface area (Å²) in [5.41, 5.74) is 0.284. The number of esters is 1. The van der Waals surface area contributed by atoms with Gasteiger partial charge in [-0.1, -0.05) is 18.2 Å². The molecule has 6 nitrogen and oxygen atoms in total. The molecule has 1 rings (SSSR count). The molecule has 22 heavy (non-hydrogen) atoms. The van der Waals surface area contributed by atoms with Crippen molar-refractivity contribution >= 4 is 27.4 Å². The molecule has 0 fully saturated rings. The van der Waals surface area contributed by atoms with E-state index in [9.17, 15) is 18.3 Å². The standard InChI is InChI=1S/C14H17ClO6S/c1-10(2)14(17)21-6-5-20-7-8-22(18,19)11-3-4-13(16)12(15)9-11/h3-4,9,16H,1,5-8H2,2H3. The Bertz CT molecular complexity index is 653. The summed E-state index contributed by atoms with van der Waals surface area (Å²) in [4.78, 5) is 11.1. The van der Waals surface area contributed by atoms with Gasteiger partial charge in [0.2, 0.25) is 0 Å². The predicted octanol–water partition coefficient (Wildman–Crippen LogP) is 1.96. The molecular formula is C14H17ClO6S. The molecule has 0 radical (unpaired) electrons. The van der Waals surface area contributed by atoms with E-state index < -0.39 is 15.8 Å². The lowest BCUT2D eigenvalue weighted by Crippen LogP contribution is -2.16. The first-order valence-corrected chi connectivity index (χ1v) is 8.38. The van der Waals surface area contributed by atoms with Crippen molar-refractivity contribution in [3.63, 3.8) is 0 Å². The number of aromatic hydroxyl groups is 1. The third-order valence-electron chi connectivity index (χ3n) is 2.58. The van der Waals surface area contributed by atoms with E-state index in [-0.39, 0.29) is 46.8 Å². The molecule has 0 saturated heterocycles. The minimum atomic E-state index is -3.56. The highest BCUT2D eigenvalue weighted by atomic mass is 35.5. The average molecular weight is 349 g/mol. The number of hydrogen-bond donors (Lipinski definition) is 1. The fourth-order valence-corrected chi connectivity index (χ4v) is 2.78. The summed E-state index contributed by atoms with van der Waals surface area (Å²) in [7, 11) is -3.56. The van der Waals surface area contributed by atoms with Gasteiger partial charge in [0.15, 0.2) is 9.84 Å². The summed E-state index contributed by atoms with van der Waals surface area (Å²) < 4.78 is 33.9. The quantitative estimate of drug-likeness (QED) is 0.439. The molecule has 1 aromatic carbocycles. The number of hydrogen-bond acceptors (Lipinski definition) is 6. The molecule has 1 N–H and O–H groups in total. The highest BCUT2D eigenvalue weighted by molar-refractivity contribution is 7.91. The monoisotopic (exact) mass is 348 g/mol. The van der Waals surface area contributed by atoms with Gasteiger partial charge in [0.25, 0.3) is 0 Å². The summed E-state index contributed by atoms with van der Waals surface area (Å²) >= 11 is 5.68. The van der Waals surface area contributed by atoms with Crippen LogP contribution in [0.4, 0.5) is 0 Å². The van der Waals surface area contributed by atoms with E-state index in [1.165, 1.54) is 25.1 Å². The van der Waals surface area contributed by atoms with Crippen LogP contribution in [0.5, 0.6) is 5.75 Å². The zero-order chi connectivity index (χ0) is 16.8. The number of phenolic OH excluding ortho intramolecular Hbond substituents is 1. The minimum Gasteiger partial charge on any atom is -0.506 e. The first-order chi connectivity index (χ1) is 10.2. The molecule has 0 aliphatic heterocycles. The number of ether oxygens (including phenoxy) is 2. The molecule has 0 bridgehead atoms. The van der Waals surface area contributed by atoms with Gasteiger partial charge in [0.1, 0.15) is 12.4 Å². The third kappa shape index (κ3) is 5.67. The molecule has 0 aliphatic rings. The fourth-order valence-electron chi connectivity index (χ4n) is 1.39. The van der Waals surface area contributed by atoms with Crippen LogP contribution in [0.2, 0.25) is 5.02 Å². The lowest BCUT2D eigenvalue weighted by atomic mass is 10.3. The molecule has 122 valence electrons. The van der Waals surface area contributed by atoms with E-state index in [0.717, 1.165) is 0 Å². The largest absolute Gasteiger partial charge is 0.506 e. The van der Waals surface area contributed by atoms with Gasteiger partial charge in [-0.3, -0.25) is 0 Å². The molecule has 0 heterocycles. The predicted molar refractivity (Wildman–Crippen MR) is 81.8 cm³/mol. The Labute approximate surface area is 134 Å². The van der Waals surface area contributed by atoms with Gasteiger partial charge in [-0.25, -0.2) is 13.2 Å². The lowest BCUT2D eigenvalue weighted by molar-refractivity contribution is -0.140. The lowest BCUT2D eigenvalue weighted by Gasteiger charge is -2.07. The van der Waals surface area contributed by atoms with Gasteiger partial charge < -0.3 is 14.6 Å². The first-order valence-electron chi connectivity index (χ1n) is 6.35. The number of sulfone groups is 1. The first kappa shape index (κ1) is 18.5. The SMILES string of the molecule is C=C(C)C(=O)OCCOCCS(=O)(=O)c1ccc(O)c(Cl)c1. The van der Waals surface area contributed by atoms with Crippen molar-refractivity contribution in [1.29, 1.82) is 0 Å². The highest BCUT2D eigenvalue weighted by Gasteiger charge is 2.16. The van der Waals surface area contributed by atoms with E-state index in [1.54, 1.807) is 0 Å². The molecular weight excluding hydrogens is 332 g/mol. The Hall–Kier alpha value is -1.57. The van der Waals surface area contributed by atoms with E-state index in [0.29, 0.717) is 0 Å². The number of phenols is 1. The van der Waals surface area contributed by atoms with Gasteiger partial charge in [0, 0.05) is 5.57 Å². The van der Waals surface area contributed by atoms with E-state index in [2.05, 4.69) is 6.58 Å². The van der Waals surface area contributed by atoms with Crippen LogP contribution in [0.25, 0.3) is 0 Å². The summed E-state index contributed by atoms with van der Waals surface area (Å²) in [5, 5.41) is 9.23. The van der Waals surface area contributed by atoms with Crippen LogP contribution in [-0.2, 0) is 24.1 Å². The van der Waals surface area contributed by atoms with Gasteiger partial charge in [-0.15, -0.1) is 0 Å². The fraction of sp³-hybridized carbons (Fsp3) is 0.357.